The summed E-state index contributed by atoms with van der Waals surface area (Å²) < 4.78 is 0. The minimum absolute atomic E-state index is 0.131. The normalized spacial score (nSPS) is 21.1. The van der Waals surface area contributed by atoms with Crippen LogP contribution in [0.2, 0.25) is 0 Å². The summed E-state index contributed by atoms with van der Waals surface area (Å²) in [4.78, 5) is 34.8. The zero-order valence-corrected chi connectivity index (χ0v) is 13.1. The smallest absolute Gasteiger partial charge is 0.252 e. The molecule has 1 amide bonds. The van der Waals surface area contributed by atoms with Crippen LogP contribution in [0.15, 0.2) is 17.2 Å². The van der Waals surface area contributed by atoms with Gasteiger partial charge in [0.15, 0.2) is 0 Å². The number of aromatic amines is 1. The molecule has 3 heterocycles. The molecule has 0 spiro atoms. The summed E-state index contributed by atoms with van der Waals surface area (Å²) in [7, 11) is 0. The van der Waals surface area contributed by atoms with E-state index in [-0.39, 0.29) is 11.5 Å². The molecule has 1 aromatic rings. The first-order valence-electron chi connectivity index (χ1n) is 8.22. The number of piperidine rings is 2. The number of anilines is 1. The van der Waals surface area contributed by atoms with Gasteiger partial charge in [0.05, 0.1) is 6.33 Å². The summed E-state index contributed by atoms with van der Waals surface area (Å²) in [6.45, 7) is 5.66. The highest BCUT2D eigenvalue weighted by Crippen LogP contribution is 2.25. The number of nitrogens with zero attached hydrogens (tertiary/aromatic N) is 3. The second kappa shape index (κ2) is 6.50. The number of nitrogens with one attached hydrogen (secondary N) is 1. The number of H-pyrrole nitrogens is 1. The Labute approximate surface area is 130 Å². The minimum Gasteiger partial charge on any atom is -0.356 e. The molecule has 120 valence electrons. The van der Waals surface area contributed by atoms with E-state index < -0.39 is 0 Å². The number of likely N-dealkylation sites (tertiary alicyclic amines) is 1. The fourth-order valence-electron chi connectivity index (χ4n) is 3.37. The maximum absolute atomic E-state index is 12.6. The van der Waals surface area contributed by atoms with Crippen molar-refractivity contribution >= 4 is 11.7 Å². The van der Waals surface area contributed by atoms with Crippen molar-refractivity contribution in [1.82, 2.24) is 14.9 Å². The highest BCUT2D eigenvalue weighted by molar-refractivity contribution is 5.79. The molecular formula is C16H24N4O2. The number of hydrogen-bond acceptors (Lipinski definition) is 4. The average Bonchev–Trinajstić information content (AvgIpc) is 2.55. The highest BCUT2D eigenvalue weighted by atomic mass is 16.2. The molecule has 0 bridgehead atoms. The Morgan fingerprint density at radius 3 is 2.50 bits per heavy atom. The van der Waals surface area contributed by atoms with Crippen LogP contribution in [0.1, 0.15) is 32.6 Å². The van der Waals surface area contributed by atoms with E-state index in [0.29, 0.717) is 11.7 Å². The molecule has 0 unspecified atom stereocenters. The van der Waals surface area contributed by atoms with Crippen molar-refractivity contribution in [3.63, 3.8) is 0 Å². The lowest BCUT2D eigenvalue weighted by Gasteiger charge is -2.37. The van der Waals surface area contributed by atoms with E-state index in [4.69, 9.17) is 0 Å². The molecule has 3 rings (SSSR count). The summed E-state index contributed by atoms with van der Waals surface area (Å²) >= 11 is 0. The van der Waals surface area contributed by atoms with E-state index in [1.54, 1.807) is 0 Å². The fraction of sp³-hybridized carbons (Fsp3) is 0.688. The zero-order chi connectivity index (χ0) is 15.5. The van der Waals surface area contributed by atoms with Gasteiger partial charge < -0.3 is 14.8 Å². The second-order valence-electron chi connectivity index (χ2n) is 6.54. The molecule has 0 aromatic carbocycles. The van der Waals surface area contributed by atoms with Gasteiger partial charge in [0.2, 0.25) is 5.91 Å². The maximum atomic E-state index is 12.6. The van der Waals surface area contributed by atoms with Crippen molar-refractivity contribution in [1.29, 1.82) is 0 Å². The molecule has 2 aliphatic heterocycles. The van der Waals surface area contributed by atoms with Crippen LogP contribution in [0.5, 0.6) is 0 Å². The van der Waals surface area contributed by atoms with Gasteiger partial charge in [0.25, 0.3) is 5.56 Å². The van der Waals surface area contributed by atoms with E-state index in [1.165, 1.54) is 12.4 Å². The number of aromatic nitrogens is 2. The predicted molar refractivity (Wildman–Crippen MR) is 84.8 cm³/mol. The molecule has 2 fully saturated rings. The van der Waals surface area contributed by atoms with Gasteiger partial charge in [-0.25, -0.2) is 4.98 Å². The van der Waals surface area contributed by atoms with Crippen LogP contribution in [-0.2, 0) is 4.79 Å². The van der Waals surface area contributed by atoms with Crippen molar-refractivity contribution in [3.05, 3.63) is 22.7 Å². The first kappa shape index (κ1) is 15.1. The number of carbonyl (C=O) groups excluding carboxylic acids is 1. The first-order valence-corrected chi connectivity index (χ1v) is 8.22. The van der Waals surface area contributed by atoms with E-state index >= 15 is 0 Å². The lowest BCUT2D eigenvalue weighted by molar-refractivity contribution is -0.137. The Balaban J connectivity index is 1.55. The summed E-state index contributed by atoms with van der Waals surface area (Å²) in [6, 6.07) is 1.52. The van der Waals surface area contributed by atoms with Gasteiger partial charge in [-0.3, -0.25) is 9.59 Å². The summed E-state index contributed by atoms with van der Waals surface area (Å²) in [5, 5.41) is 0. The molecule has 6 nitrogen and oxygen atoms in total. The molecule has 0 radical (unpaired) electrons. The molecule has 22 heavy (non-hydrogen) atoms. The second-order valence-corrected chi connectivity index (χ2v) is 6.54. The van der Waals surface area contributed by atoms with Crippen LogP contribution in [-0.4, -0.2) is 47.0 Å². The van der Waals surface area contributed by atoms with Crippen molar-refractivity contribution in [2.24, 2.45) is 11.8 Å². The summed E-state index contributed by atoms with van der Waals surface area (Å²) in [6.07, 6.45) is 5.38. The van der Waals surface area contributed by atoms with Crippen LogP contribution in [0, 0.1) is 11.8 Å². The monoisotopic (exact) mass is 304 g/mol. The van der Waals surface area contributed by atoms with Gasteiger partial charge in [-0.1, -0.05) is 6.92 Å². The SMILES string of the molecule is CC1CCN(C(=O)C2CCN(c3cc(=O)[nH]cn3)CC2)CC1. The molecule has 0 saturated carbocycles. The lowest BCUT2D eigenvalue weighted by atomic mass is 9.92. The Morgan fingerprint density at radius 2 is 1.86 bits per heavy atom. The molecule has 1 N–H and O–H groups in total. The van der Waals surface area contributed by atoms with Crippen molar-refractivity contribution in [3.8, 4) is 0 Å². The fourth-order valence-corrected chi connectivity index (χ4v) is 3.37. The highest BCUT2D eigenvalue weighted by Gasteiger charge is 2.30. The van der Waals surface area contributed by atoms with Gasteiger partial charge >= 0.3 is 0 Å². The molecule has 0 atom stereocenters. The van der Waals surface area contributed by atoms with E-state index in [9.17, 15) is 9.59 Å². The molecule has 2 saturated heterocycles. The molecule has 6 heteroatoms. The molecule has 1 aromatic heterocycles. The van der Waals surface area contributed by atoms with E-state index in [2.05, 4.69) is 21.8 Å². The maximum Gasteiger partial charge on any atom is 0.252 e. The van der Waals surface area contributed by atoms with Crippen molar-refractivity contribution < 1.29 is 4.79 Å². The van der Waals surface area contributed by atoms with Gasteiger partial charge in [-0.05, 0) is 31.6 Å². The number of carbonyl (C=O) groups is 1. The standard InChI is InChI=1S/C16H24N4O2/c1-12-2-6-20(7-3-12)16(22)13-4-8-19(9-5-13)14-10-15(21)18-11-17-14/h10-13H,2-9H2,1H3,(H,17,18,21). The molecular weight excluding hydrogens is 280 g/mol. The van der Waals surface area contributed by atoms with Crippen LogP contribution in [0.3, 0.4) is 0 Å². The largest absolute Gasteiger partial charge is 0.356 e. The Hall–Kier alpha value is -1.85. The lowest BCUT2D eigenvalue weighted by Crippen LogP contribution is -2.45. The predicted octanol–water partition coefficient (Wildman–Crippen LogP) is 1.24. The molecule has 2 aliphatic rings. The number of rotatable bonds is 2. The van der Waals surface area contributed by atoms with Crippen molar-refractivity contribution in [2.75, 3.05) is 31.1 Å². The third-order valence-electron chi connectivity index (χ3n) is 4.93. The van der Waals surface area contributed by atoms with Crippen LogP contribution < -0.4 is 10.5 Å². The quantitative estimate of drug-likeness (QED) is 0.892. The van der Waals surface area contributed by atoms with E-state index in [1.807, 2.05) is 4.90 Å². The van der Waals surface area contributed by atoms with Gasteiger partial charge in [0, 0.05) is 38.2 Å². The van der Waals surface area contributed by atoms with E-state index in [0.717, 1.165) is 57.8 Å². The van der Waals surface area contributed by atoms with Crippen LogP contribution in [0.25, 0.3) is 0 Å². The first-order chi connectivity index (χ1) is 10.6. The Kier molecular flexibility index (Phi) is 4.45. The molecule has 0 aliphatic carbocycles. The third-order valence-corrected chi connectivity index (χ3v) is 4.93. The van der Waals surface area contributed by atoms with Gasteiger partial charge in [-0.15, -0.1) is 0 Å². The number of hydrogen-bond donors (Lipinski definition) is 1. The third kappa shape index (κ3) is 3.31. The van der Waals surface area contributed by atoms with Gasteiger partial charge in [-0.2, -0.15) is 0 Å². The van der Waals surface area contributed by atoms with Crippen molar-refractivity contribution in [2.45, 2.75) is 32.6 Å². The van der Waals surface area contributed by atoms with Crippen LogP contribution >= 0.6 is 0 Å². The summed E-state index contributed by atoms with van der Waals surface area (Å²) in [5.41, 5.74) is -0.134. The number of amides is 1. The zero-order valence-electron chi connectivity index (χ0n) is 13.1. The summed E-state index contributed by atoms with van der Waals surface area (Å²) in [5.74, 6) is 1.91. The Bertz CT molecular complexity index is 570. The average molecular weight is 304 g/mol. The Morgan fingerprint density at radius 1 is 1.18 bits per heavy atom. The topological polar surface area (TPSA) is 69.3 Å². The van der Waals surface area contributed by atoms with Crippen LogP contribution in [0.4, 0.5) is 5.82 Å². The minimum atomic E-state index is -0.134. The van der Waals surface area contributed by atoms with Gasteiger partial charge in [0.1, 0.15) is 5.82 Å².